The summed E-state index contributed by atoms with van der Waals surface area (Å²) in [5.74, 6) is 0.875. The molecule has 2 rings (SSSR count). The Morgan fingerprint density at radius 1 is 1.32 bits per heavy atom. The van der Waals surface area contributed by atoms with Gasteiger partial charge >= 0.3 is 0 Å². The number of aryl methyl sites for hydroxylation is 1. The summed E-state index contributed by atoms with van der Waals surface area (Å²) in [6.07, 6.45) is 1.82. The first-order chi connectivity index (χ1) is 9.10. The van der Waals surface area contributed by atoms with E-state index in [4.69, 9.17) is 27.9 Å². The highest BCUT2D eigenvalue weighted by atomic mass is 79.9. The Morgan fingerprint density at radius 2 is 2.00 bits per heavy atom. The van der Waals surface area contributed by atoms with Crippen LogP contribution in [0.5, 0.6) is 5.75 Å². The normalized spacial score (nSPS) is 12.4. The monoisotopic (exact) mass is 378 g/mol. The Labute approximate surface area is 135 Å². The molecule has 19 heavy (non-hydrogen) atoms. The average molecular weight is 380 g/mol. The van der Waals surface area contributed by atoms with Crippen molar-refractivity contribution in [3.8, 4) is 5.75 Å². The van der Waals surface area contributed by atoms with Crippen molar-refractivity contribution in [2.24, 2.45) is 0 Å². The smallest absolute Gasteiger partial charge is 0.118 e. The van der Waals surface area contributed by atoms with Crippen molar-refractivity contribution in [2.75, 3.05) is 7.11 Å². The molecule has 0 radical (unpaired) electrons. The van der Waals surface area contributed by atoms with Crippen LogP contribution in [0.4, 0.5) is 0 Å². The van der Waals surface area contributed by atoms with Gasteiger partial charge in [0, 0.05) is 9.35 Å². The highest BCUT2D eigenvalue weighted by Gasteiger charge is 2.13. The molecule has 0 saturated heterocycles. The highest BCUT2D eigenvalue weighted by molar-refractivity contribution is 9.10. The second-order valence-corrected chi connectivity index (χ2v) is 7.19. The Bertz CT molecular complexity index is 519. The van der Waals surface area contributed by atoms with E-state index < -0.39 is 0 Å². The van der Waals surface area contributed by atoms with Crippen LogP contribution < -0.4 is 4.74 Å². The summed E-state index contributed by atoms with van der Waals surface area (Å²) in [6, 6.07) is 10.1. The number of benzene rings is 1. The van der Waals surface area contributed by atoms with Crippen molar-refractivity contribution < 1.29 is 4.74 Å². The van der Waals surface area contributed by atoms with Crippen LogP contribution in [-0.2, 0) is 6.42 Å². The molecule has 0 aliphatic heterocycles. The molecule has 0 saturated carbocycles. The molecule has 102 valence electrons. The van der Waals surface area contributed by atoms with E-state index in [1.807, 2.05) is 18.2 Å². The predicted molar refractivity (Wildman–Crippen MR) is 86.9 cm³/mol. The van der Waals surface area contributed by atoms with Crippen molar-refractivity contribution in [2.45, 2.75) is 18.2 Å². The van der Waals surface area contributed by atoms with Gasteiger partial charge in [-0.05, 0) is 52.5 Å². The number of ether oxygens (including phenoxy) is 1. The van der Waals surface area contributed by atoms with Crippen LogP contribution in [0.2, 0.25) is 4.34 Å². The number of hydrogen-bond acceptors (Lipinski definition) is 2. The number of thiophene rings is 1. The minimum absolute atomic E-state index is 0.00379. The summed E-state index contributed by atoms with van der Waals surface area (Å²) in [4.78, 5) is 1.10. The molecule has 0 amide bonds. The summed E-state index contributed by atoms with van der Waals surface area (Å²) in [5, 5.41) is -0.00379. The lowest BCUT2D eigenvalue weighted by atomic mass is 10.1. The standard InChI is InChI=1S/C14H13BrCl2OS/c1-18-10-5-2-9(3-6-10)4-7-12(16)13-8-11(15)14(17)19-13/h2-3,5-6,8,12H,4,7H2,1H3. The summed E-state index contributed by atoms with van der Waals surface area (Å²) >= 11 is 17.4. The lowest BCUT2D eigenvalue weighted by Crippen LogP contribution is -1.92. The third-order valence-corrected chi connectivity index (χ3v) is 5.99. The van der Waals surface area contributed by atoms with Crippen LogP contribution in [0, 0.1) is 0 Å². The van der Waals surface area contributed by atoms with Gasteiger partial charge in [0.1, 0.15) is 10.1 Å². The number of methoxy groups -OCH3 is 1. The van der Waals surface area contributed by atoms with Crippen LogP contribution in [0.3, 0.4) is 0 Å². The zero-order valence-electron chi connectivity index (χ0n) is 10.3. The third-order valence-electron chi connectivity index (χ3n) is 2.82. The van der Waals surface area contributed by atoms with Crippen LogP contribution in [-0.4, -0.2) is 7.11 Å². The molecule has 0 spiro atoms. The minimum atomic E-state index is -0.00379. The van der Waals surface area contributed by atoms with Crippen LogP contribution in [0.1, 0.15) is 22.2 Å². The molecule has 1 atom stereocenters. The van der Waals surface area contributed by atoms with Gasteiger partial charge in [0.15, 0.2) is 0 Å². The quantitative estimate of drug-likeness (QED) is 0.571. The van der Waals surface area contributed by atoms with Gasteiger partial charge in [-0.1, -0.05) is 23.7 Å². The van der Waals surface area contributed by atoms with E-state index in [1.54, 1.807) is 7.11 Å². The molecule has 1 unspecified atom stereocenters. The SMILES string of the molecule is COc1ccc(CCC(Cl)c2cc(Br)c(Cl)s2)cc1. The Balaban J connectivity index is 1.94. The summed E-state index contributed by atoms with van der Waals surface area (Å²) in [7, 11) is 1.67. The summed E-state index contributed by atoms with van der Waals surface area (Å²) in [6.45, 7) is 0. The van der Waals surface area contributed by atoms with Crippen molar-refractivity contribution in [1.29, 1.82) is 0 Å². The number of alkyl halides is 1. The lowest BCUT2D eigenvalue weighted by Gasteiger charge is -2.07. The van der Waals surface area contributed by atoms with Gasteiger partial charge in [-0.25, -0.2) is 0 Å². The van der Waals surface area contributed by atoms with Crippen molar-refractivity contribution in [1.82, 2.24) is 0 Å². The molecule has 2 aromatic rings. The van der Waals surface area contributed by atoms with E-state index in [0.717, 1.165) is 32.3 Å². The molecule has 0 fully saturated rings. The van der Waals surface area contributed by atoms with Crippen LogP contribution in [0.25, 0.3) is 0 Å². The topological polar surface area (TPSA) is 9.23 Å². The van der Waals surface area contributed by atoms with Crippen molar-refractivity contribution >= 4 is 50.5 Å². The fourth-order valence-electron chi connectivity index (χ4n) is 1.75. The maximum absolute atomic E-state index is 6.41. The fraction of sp³-hybridized carbons (Fsp3) is 0.286. The Morgan fingerprint density at radius 3 is 2.53 bits per heavy atom. The first-order valence-electron chi connectivity index (χ1n) is 5.82. The molecule has 0 aliphatic rings. The molecule has 1 aromatic carbocycles. The molecular formula is C14H13BrCl2OS. The molecule has 0 aliphatic carbocycles. The molecule has 0 bridgehead atoms. The molecule has 0 N–H and O–H groups in total. The van der Waals surface area contributed by atoms with Gasteiger partial charge < -0.3 is 4.74 Å². The lowest BCUT2D eigenvalue weighted by molar-refractivity contribution is 0.414. The van der Waals surface area contributed by atoms with Gasteiger partial charge in [0.05, 0.1) is 12.5 Å². The van der Waals surface area contributed by atoms with Crippen LogP contribution in [0.15, 0.2) is 34.8 Å². The minimum Gasteiger partial charge on any atom is -0.497 e. The zero-order chi connectivity index (χ0) is 13.8. The molecule has 1 aromatic heterocycles. The number of hydrogen-bond donors (Lipinski definition) is 0. The maximum atomic E-state index is 6.41. The maximum Gasteiger partial charge on any atom is 0.118 e. The second-order valence-electron chi connectivity index (χ2n) is 4.12. The summed E-state index contributed by atoms with van der Waals surface area (Å²) < 4.78 is 6.81. The first-order valence-corrected chi connectivity index (χ1v) is 8.24. The van der Waals surface area contributed by atoms with Gasteiger partial charge in [0.25, 0.3) is 0 Å². The van der Waals surface area contributed by atoms with E-state index in [0.29, 0.717) is 0 Å². The zero-order valence-corrected chi connectivity index (χ0v) is 14.2. The number of rotatable bonds is 5. The third kappa shape index (κ3) is 4.12. The Kier molecular flexibility index (Phi) is 5.58. The molecular weight excluding hydrogens is 367 g/mol. The largest absolute Gasteiger partial charge is 0.497 e. The van der Waals surface area contributed by atoms with E-state index >= 15 is 0 Å². The molecule has 1 heterocycles. The fourth-order valence-corrected chi connectivity index (χ4v) is 3.80. The van der Waals surface area contributed by atoms with Gasteiger partial charge in [0.2, 0.25) is 0 Å². The second kappa shape index (κ2) is 6.98. The Hall–Kier alpha value is -0.220. The van der Waals surface area contributed by atoms with Crippen molar-refractivity contribution in [3.05, 3.63) is 49.6 Å². The van der Waals surface area contributed by atoms with Crippen LogP contribution >= 0.6 is 50.5 Å². The first kappa shape index (κ1) is 15.2. The van der Waals surface area contributed by atoms with Gasteiger partial charge in [-0.15, -0.1) is 22.9 Å². The predicted octanol–water partition coefficient (Wildman–Crippen LogP) is 6.09. The molecule has 5 heteroatoms. The van der Waals surface area contributed by atoms with Gasteiger partial charge in [-0.3, -0.25) is 0 Å². The van der Waals surface area contributed by atoms with E-state index in [1.165, 1.54) is 16.9 Å². The highest BCUT2D eigenvalue weighted by Crippen LogP contribution is 2.39. The summed E-state index contributed by atoms with van der Waals surface area (Å²) in [5.41, 5.74) is 1.26. The van der Waals surface area contributed by atoms with Gasteiger partial charge in [-0.2, -0.15) is 0 Å². The van der Waals surface area contributed by atoms with Crippen molar-refractivity contribution in [3.63, 3.8) is 0 Å². The number of halogens is 3. The molecule has 1 nitrogen and oxygen atoms in total. The van der Waals surface area contributed by atoms with E-state index in [2.05, 4.69) is 28.1 Å². The average Bonchev–Trinajstić information content (AvgIpc) is 2.77. The van der Waals surface area contributed by atoms with E-state index in [-0.39, 0.29) is 5.38 Å². The van der Waals surface area contributed by atoms with E-state index in [9.17, 15) is 0 Å².